The van der Waals surface area contributed by atoms with Crippen LogP contribution < -0.4 is 5.73 Å². The van der Waals surface area contributed by atoms with E-state index in [4.69, 9.17) is 10.5 Å². The van der Waals surface area contributed by atoms with Crippen molar-refractivity contribution < 1.29 is 14.3 Å². The van der Waals surface area contributed by atoms with Crippen molar-refractivity contribution in [2.75, 3.05) is 19.7 Å². The summed E-state index contributed by atoms with van der Waals surface area (Å²) in [5.41, 5.74) is 5.55. The Morgan fingerprint density at radius 2 is 1.94 bits per heavy atom. The van der Waals surface area contributed by atoms with Gasteiger partial charge >= 0.3 is 5.97 Å². The monoisotopic (exact) mass is 228 g/mol. The fourth-order valence-electron chi connectivity index (χ4n) is 1.92. The number of nitrogens with zero attached hydrogens (tertiary/aromatic N) is 1. The summed E-state index contributed by atoms with van der Waals surface area (Å²) in [5.74, 6) is -0.716. The molecule has 1 saturated heterocycles. The Balaban J connectivity index is 2.75. The largest absolute Gasteiger partial charge is 0.464 e. The maximum Gasteiger partial charge on any atom is 0.331 e. The van der Waals surface area contributed by atoms with Crippen LogP contribution in [0.3, 0.4) is 0 Å². The minimum absolute atomic E-state index is 0.250. The van der Waals surface area contributed by atoms with Crippen LogP contribution >= 0.6 is 0 Å². The number of rotatable bonds is 5. The van der Waals surface area contributed by atoms with Crippen molar-refractivity contribution in [2.45, 2.75) is 38.8 Å². The van der Waals surface area contributed by atoms with Gasteiger partial charge in [-0.05, 0) is 39.8 Å². The van der Waals surface area contributed by atoms with Crippen LogP contribution in [0.1, 0.15) is 26.7 Å². The molecule has 5 nitrogen and oxygen atoms in total. The van der Waals surface area contributed by atoms with Gasteiger partial charge in [0.2, 0.25) is 0 Å². The van der Waals surface area contributed by atoms with Crippen molar-refractivity contribution in [3.8, 4) is 0 Å². The lowest BCUT2D eigenvalue weighted by molar-refractivity contribution is -0.153. The van der Waals surface area contributed by atoms with E-state index in [1.54, 1.807) is 13.8 Å². The van der Waals surface area contributed by atoms with Crippen LogP contribution in [0.2, 0.25) is 0 Å². The molecule has 1 aliphatic heterocycles. The zero-order chi connectivity index (χ0) is 12.1. The van der Waals surface area contributed by atoms with Crippen molar-refractivity contribution in [3.05, 3.63) is 0 Å². The molecule has 92 valence electrons. The first-order valence-corrected chi connectivity index (χ1v) is 5.78. The summed E-state index contributed by atoms with van der Waals surface area (Å²) >= 11 is 0. The van der Waals surface area contributed by atoms with Gasteiger partial charge in [0.15, 0.2) is 11.8 Å². The molecule has 1 unspecified atom stereocenters. The van der Waals surface area contributed by atoms with Gasteiger partial charge in [-0.2, -0.15) is 0 Å². The highest BCUT2D eigenvalue weighted by molar-refractivity contribution is 6.05. The second-order valence-corrected chi connectivity index (χ2v) is 4.09. The normalized spacial score (nSPS) is 20.4. The third kappa shape index (κ3) is 3.02. The van der Waals surface area contributed by atoms with Crippen molar-refractivity contribution >= 4 is 11.8 Å². The summed E-state index contributed by atoms with van der Waals surface area (Å²) in [6.45, 7) is 5.15. The Labute approximate surface area is 95.9 Å². The second kappa shape index (κ2) is 5.96. The molecule has 2 atom stereocenters. The Morgan fingerprint density at radius 1 is 1.38 bits per heavy atom. The molecule has 16 heavy (non-hydrogen) atoms. The van der Waals surface area contributed by atoms with Gasteiger partial charge in [-0.15, -0.1) is 0 Å². The highest BCUT2D eigenvalue weighted by Gasteiger charge is 2.36. The first kappa shape index (κ1) is 13.1. The summed E-state index contributed by atoms with van der Waals surface area (Å²) in [6.07, 6.45) is 2.03. The minimum Gasteiger partial charge on any atom is -0.464 e. The molecule has 0 radical (unpaired) electrons. The highest BCUT2D eigenvalue weighted by atomic mass is 16.5. The molecule has 1 aliphatic rings. The van der Waals surface area contributed by atoms with E-state index < -0.39 is 18.1 Å². The lowest BCUT2D eigenvalue weighted by atomic mass is 10.1. The number of nitrogens with two attached hydrogens (primary N) is 1. The molecule has 0 amide bonds. The SMILES string of the molecule is CCOC(=O)C(C(=O)[C@H](C)N)N1CCCC1. The second-order valence-electron chi connectivity index (χ2n) is 4.09. The molecular formula is C11H20N2O3. The molecule has 1 heterocycles. The van der Waals surface area contributed by atoms with E-state index in [1.165, 1.54) is 0 Å². The van der Waals surface area contributed by atoms with Crippen LogP contribution in [0.5, 0.6) is 0 Å². The average Bonchev–Trinajstić information content (AvgIpc) is 2.71. The summed E-state index contributed by atoms with van der Waals surface area (Å²) in [4.78, 5) is 25.5. The molecule has 2 N–H and O–H groups in total. The number of hydrogen-bond acceptors (Lipinski definition) is 5. The van der Waals surface area contributed by atoms with Crippen LogP contribution in [0.4, 0.5) is 0 Å². The number of Topliss-reactive ketones (excluding diaryl/α,β-unsaturated/α-hetero) is 1. The predicted molar refractivity (Wildman–Crippen MR) is 59.9 cm³/mol. The van der Waals surface area contributed by atoms with Crippen LogP contribution in [0.15, 0.2) is 0 Å². The quantitative estimate of drug-likeness (QED) is 0.527. The van der Waals surface area contributed by atoms with Crippen molar-refractivity contribution in [3.63, 3.8) is 0 Å². The summed E-state index contributed by atoms with van der Waals surface area (Å²) < 4.78 is 4.93. The third-order valence-corrected chi connectivity index (χ3v) is 2.73. The summed E-state index contributed by atoms with van der Waals surface area (Å²) in [6, 6.07) is -1.43. The maximum atomic E-state index is 11.9. The molecule has 5 heteroatoms. The van der Waals surface area contributed by atoms with Gasteiger partial charge in [0.05, 0.1) is 12.6 Å². The van der Waals surface area contributed by atoms with Gasteiger partial charge < -0.3 is 10.5 Å². The lowest BCUT2D eigenvalue weighted by Crippen LogP contribution is -2.51. The summed E-state index contributed by atoms with van der Waals surface area (Å²) in [7, 11) is 0. The lowest BCUT2D eigenvalue weighted by Gasteiger charge is -2.25. The number of likely N-dealkylation sites (tertiary alicyclic amines) is 1. The third-order valence-electron chi connectivity index (χ3n) is 2.73. The standard InChI is InChI=1S/C11H20N2O3/c1-3-16-11(15)9(10(14)8(2)12)13-6-4-5-7-13/h8-9H,3-7,12H2,1-2H3/t8-,9?/m0/s1. The van der Waals surface area contributed by atoms with Crippen LogP contribution in [-0.4, -0.2) is 48.4 Å². The maximum absolute atomic E-state index is 11.9. The fraction of sp³-hybridized carbons (Fsp3) is 0.818. The van der Waals surface area contributed by atoms with Crippen molar-refractivity contribution in [1.82, 2.24) is 4.90 Å². The molecule has 0 aromatic carbocycles. The van der Waals surface area contributed by atoms with Crippen LogP contribution in [0.25, 0.3) is 0 Å². The topological polar surface area (TPSA) is 72.6 Å². The Bertz CT molecular complexity index is 260. The first-order chi connectivity index (χ1) is 7.57. The van der Waals surface area contributed by atoms with Gasteiger partial charge in [-0.25, -0.2) is 4.79 Å². The van der Waals surface area contributed by atoms with Crippen LogP contribution in [-0.2, 0) is 14.3 Å². The summed E-state index contributed by atoms with van der Waals surface area (Å²) in [5, 5.41) is 0. The molecule has 0 saturated carbocycles. The van der Waals surface area contributed by atoms with E-state index in [1.807, 2.05) is 4.90 Å². The van der Waals surface area contributed by atoms with Gasteiger partial charge in [0, 0.05) is 0 Å². The molecule has 1 fully saturated rings. The van der Waals surface area contributed by atoms with E-state index in [2.05, 4.69) is 0 Å². The molecular weight excluding hydrogens is 208 g/mol. The number of hydrogen-bond donors (Lipinski definition) is 1. The van der Waals surface area contributed by atoms with Gasteiger partial charge in [0.25, 0.3) is 0 Å². The number of ketones is 1. The molecule has 0 aromatic rings. The van der Waals surface area contributed by atoms with Crippen molar-refractivity contribution in [1.29, 1.82) is 0 Å². The Kier molecular flexibility index (Phi) is 4.89. The minimum atomic E-state index is -0.803. The zero-order valence-electron chi connectivity index (χ0n) is 9.94. The zero-order valence-corrected chi connectivity index (χ0v) is 9.94. The first-order valence-electron chi connectivity index (χ1n) is 5.78. The van der Waals surface area contributed by atoms with Crippen LogP contribution in [0, 0.1) is 0 Å². The average molecular weight is 228 g/mol. The number of ether oxygens (including phenoxy) is 1. The molecule has 0 aromatic heterocycles. The molecule has 0 bridgehead atoms. The van der Waals surface area contributed by atoms with E-state index in [0.29, 0.717) is 0 Å². The smallest absolute Gasteiger partial charge is 0.331 e. The highest BCUT2D eigenvalue weighted by Crippen LogP contribution is 2.14. The Morgan fingerprint density at radius 3 is 2.38 bits per heavy atom. The molecule has 0 aliphatic carbocycles. The van der Waals surface area contributed by atoms with Gasteiger partial charge in [-0.1, -0.05) is 0 Å². The number of esters is 1. The molecule has 0 spiro atoms. The van der Waals surface area contributed by atoms with E-state index in [0.717, 1.165) is 25.9 Å². The van der Waals surface area contributed by atoms with E-state index >= 15 is 0 Å². The Hall–Kier alpha value is -0.940. The van der Waals surface area contributed by atoms with E-state index in [9.17, 15) is 9.59 Å². The van der Waals surface area contributed by atoms with Gasteiger partial charge in [0.1, 0.15) is 0 Å². The number of carbonyl (C=O) groups excluding carboxylic acids is 2. The van der Waals surface area contributed by atoms with Gasteiger partial charge in [-0.3, -0.25) is 9.69 Å². The molecule has 1 rings (SSSR count). The fourth-order valence-corrected chi connectivity index (χ4v) is 1.92. The van der Waals surface area contributed by atoms with E-state index in [-0.39, 0.29) is 12.4 Å². The number of carbonyl (C=O) groups is 2. The van der Waals surface area contributed by atoms with Crippen molar-refractivity contribution in [2.24, 2.45) is 5.73 Å². The predicted octanol–water partition coefficient (Wildman–Crippen LogP) is -0.0698.